The van der Waals surface area contributed by atoms with Crippen molar-refractivity contribution in [3.8, 4) is 0 Å². The molecule has 2 amide bonds. The number of aromatic nitrogens is 1. The van der Waals surface area contributed by atoms with E-state index < -0.39 is 0 Å². The SMILES string of the molecule is CCN(CC)CCNC(=O)Nc1ccc2nc(N3CCN(CC)CC3)cc(C)c2c1. The Morgan fingerprint density at radius 3 is 2.50 bits per heavy atom. The van der Waals surface area contributed by atoms with Crippen molar-refractivity contribution >= 4 is 28.4 Å². The summed E-state index contributed by atoms with van der Waals surface area (Å²) in [7, 11) is 0. The van der Waals surface area contributed by atoms with Crippen LogP contribution in [0.1, 0.15) is 26.3 Å². The van der Waals surface area contributed by atoms with Crippen molar-refractivity contribution in [2.75, 3.05) is 69.1 Å². The number of likely N-dealkylation sites (N-methyl/N-ethyl adjacent to an activating group) is 2. The first-order chi connectivity index (χ1) is 14.5. The molecule has 164 valence electrons. The molecule has 2 N–H and O–H groups in total. The summed E-state index contributed by atoms with van der Waals surface area (Å²) in [6, 6.07) is 7.94. The third-order valence-corrected chi connectivity index (χ3v) is 6.01. The molecule has 1 fully saturated rings. The van der Waals surface area contributed by atoms with Gasteiger partial charge in [-0.2, -0.15) is 0 Å². The molecule has 1 saturated heterocycles. The standard InChI is InChI=1S/C23H36N6O/c1-5-27(6-2)11-10-24-23(30)25-19-8-9-21-20(17-19)18(4)16-22(26-21)29-14-12-28(7-3)13-15-29/h8-9,16-17H,5-7,10-15H2,1-4H3,(H2,24,25,30). The van der Waals surface area contributed by atoms with Gasteiger partial charge in [0.05, 0.1) is 5.52 Å². The number of hydrogen-bond acceptors (Lipinski definition) is 5. The fourth-order valence-electron chi connectivity index (χ4n) is 3.95. The molecular formula is C23H36N6O. The number of carbonyl (C=O) groups is 1. The zero-order valence-electron chi connectivity index (χ0n) is 18.9. The zero-order valence-corrected chi connectivity index (χ0v) is 18.9. The number of anilines is 2. The highest BCUT2D eigenvalue weighted by atomic mass is 16.2. The first-order valence-corrected chi connectivity index (χ1v) is 11.2. The van der Waals surface area contributed by atoms with E-state index in [0.717, 1.165) is 74.8 Å². The summed E-state index contributed by atoms with van der Waals surface area (Å²) >= 11 is 0. The summed E-state index contributed by atoms with van der Waals surface area (Å²) in [6.07, 6.45) is 0. The maximum Gasteiger partial charge on any atom is 0.319 e. The molecular weight excluding hydrogens is 376 g/mol. The molecule has 2 heterocycles. The predicted octanol–water partition coefficient (Wildman–Crippen LogP) is 3.15. The van der Waals surface area contributed by atoms with Crippen LogP contribution in [0.3, 0.4) is 0 Å². The van der Waals surface area contributed by atoms with E-state index in [0.29, 0.717) is 6.54 Å². The number of pyridine rings is 1. The predicted molar refractivity (Wildman–Crippen MR) is 126 cm³/mol. The Morgan fingerprint density at radius 2 is 1.83 bits per heavy atom. The van der Waals surface area contributed by atoms with Crippen molar-refractivity contribution in [1.82, 2.24) is 20.1 Å². The van der Waals surface area contributed by atoms with Crippen LogP contribution in [0.15, 0.2) is 24.3 Å². The van der Waals surface area contributed by atoms with Crippen LogP contribution in [0.25, 0.3) is 10.9 Å². The van der Waals surface area contributed by atoms with E-state index in [1.807, 2.05) is 18.2 Å². The molecule has 0 unspecified atom stereocenters. The van der Waals surface area contributed by atoms with E-state index in [1.54, 1.807) is 0 Å². The first kappa shape index (κ1) is 22.3. The van der Waals surface area contributed by atoms with Gasteiger partial charge < -0.3 is 25.3 Å². The normalized spacial score (nSPS) is 15.0. The molecule has 0 aliphatic carbocycles. The Hall–Kier alpha value is -2.38. The average Bonchev–Trinajstić information content (AvgIpc) is 2.77. The van der Waals surface area contributed by atoms with E-state index in [1.165, 1.54) is 5.56 Å². The molecule has 0 radical (unpaired) electrons. The first-order valence-electron chi connectivity index (χ1n) is 11.2. The van der Waals surface area contributed by atoms with Gasteiger partial charge in [-0.1, -0.05) is 20.8 Å². The van der Waals surface area contributed by atoms with Crippen LogP contribution >= 0.6 is 0 Å². The number of hydrogen-bond donors (Lipinski definition) is 2. The van der Waals surface area contributed by atoms with Gasteiger partial charge in [-0.15, -0.1) is 0 Å². The molecule has 3 rings (SSSR count). The van der Waals surface area contributed by atoms with Crippen molar-refractivity contribution in [2.45, 2.75) is 27.7 Å². The van der Waals surface area contributed by atoms with E-state index in [9.17, 15) is 4.79 Å². The second-order valence-corrected chi connectivity index (χ2v) is 7.86. The molecule has 0 atom stereocenters. The summed E-state index contributed by atoms with van der Waals surface area (Å²) in [5.41, 5.74) is 2.94. The van der Waals surface area contributed by atoms with Crippen molar-refractivity contribution in [3.63, 3.8) is 0 Å². The topological polar surface area (TPSA) is 63.7 Å². The molecule has 0 spiro atoms. The number of aryl methyl sites for hydroxylation is 1. The van der Waals surface area contributed by atoms with Gasteiger partial charge in [-0.05, 0) is 56.4 Å². The lowest BCUT2D eigenvalue weighted by atomic mass is 10.1. The third-order valence-electron chi connectivity index (χ3n) is 6.01. The average molecular weight is 413 g/mol. The van der Waals surface area contributed by atoms with Crippen LogP contribution in [0, 0.1) is 6.92 Å². The Kier molecular flexibility index (Phi) is 7.87. The van der Waals surface area contributed by atoms with Gasteiger partial charge in [0, 0.05) is 50.3 Å². The van der Waals surface area contributed by atoms with Gasteiger partial charge in [0.1, 0.15) is 5.82 Å². The van der Waals surface area contributed by atoms with Gasteiger partial charge in [0.2, 0.25) is 0 Å². The van der Waals surface area contributed by atoms with Gasteiger partial charge in [-0.25, -0.2) is 9.78 Å². The van der Waals surface area contributed by atoms with E-state index in [2.05, 4.69) is 59.1 Å². The highest BCUT2D eigenvalue weighted by Gasteiger charge is 2.18. The summed E-state index contributed by atoms with van der Waals surface area (Å²) in [6.45, 7) is 17.4. The number of amides is 2. The maximum absolute atomic E-state index is 12.2. The molecule has 1 aliphatic rings. The van der Waals surface area contributed by atoms with Crippen LogP contribution < -0.4 is 15.5 Å². The number of piperazine rings is 1. The largest absolute Gasteiger partial charge is 0.354 e. The van der Waals surface area contributed by atoms with Crippen LogP contribution in [0.4, 0.5) is 16.3 Å². The number of nitrogens with zero attached hydrogens (tertiary/aromatic N) is 4. The lowest BCUT2D eigenvalue weighted by Crippen LogP contribution is -2.46. The summed E-state index contributed by atoms with van der Waals surface area (Å²) in [4.78, 5) is 24.2. The van der Waals surface area contributed by atoms with Crippen molar-refractivity contribution in [1.29, 1.82) is 0 Å². The molecule has 0 bridgehead atoms. The molecule has 1 aromatic heterocycles. The molecule has 7 heteroatoms. The zero-order chi connectivity index (χ0) is 21.5. The lowest BCUT2D eigenvalue weighted by molar-refractivity contribution is 0.248. The second-order valence-electron chi connectivity index (χ2n) is 7.86. The quantitative estimate of drug-likeness (QED) is 0.697. The minimum Gasteiger partial charge on any atom is -0.354 e. The minimum atomic E-state index is -0.169. The summed E-state index contributed by atoms with van der Waals surface area (Å²) in [5.74, 6) is 1.05. The fraction of sp³-hybridized carbons (Fsp3) is 0.565. The second kappa shape index (κ2) is 10.6. The number of rotatable bonds is 8. The highest BCUT2D eigenvalue weighted by molar-refractivity contribution is 5.94. The van der Waals surface area contributed by atoms with E-state index in [-0.39, 0.29) is 6.03 Å². The van der Waals surface area contributed by atoms with Gasteiger partial charge >= 0.3 is 6.03 Å². The fourth-order valence-corrected chi connectivity index (χ4v) is 3.95. The highest BCUT2D eigenvalue weighted by Crippen LogP contribution is 2.26. The van der Waals surface area contributed by atoms with Crippen LogP contribution in [0.2, 0.25) is 0 Å². The van der Waals surface area contributed by atoms with Crippen LogP contribution in [-0.4, -0.2) is 79.7 Å². The Morgan fingerprint density at radius 1 is 1.10 bits per heavy atom. The number of carbonyl (C=O) groups excluding carboxylic acids is 1. The molecule has 2 aromatic rings. The number of nitrogens with one attached hydrogen (secondary N) is 2. The summed E-state index contributed by atoms with van der Waals surface area (Å²) < 4.78 is 0. The molecule has 0 saturated carbocycles. The molecule has 30 heavy (non-hydrogen) atoms. The third kappa shape index (κ3) is 5.61. The van der Waals surface area contributed by atoms with Crippen molar-refractivity contribution in [2.24, 2.45) is 0 Å². The van der Waals surface area contributed by atoms with Crippen LogP contribution in [0.5, 0.6) is 0 Å². The Balaban J connectivity index is 1.63. The summed E-state index contributed by atoms with van der Waals surface area (Å²) in [5, 5.41) is 6.96. The van der Waals surface area contributed by atoms with Gasteiger partial charge in [0.15, 0.2) is 0 Å². The van der Waals surface area contributed by atoms with Crippen LogP contribution in [-0.2, 0) is 0 Å². The molecule has 1 aromatic carbocycles. The lowest BCUT2D eigenvalue weighted by Gasteiger charge is -2.35. The number of fused-ring (bicyclic) bond motifs is 1. The number of urea groups is 1. The maximum atomic E-state index is 12.2. The van der Waals surface area contributed by atoms with Gasteiger partial charge in [-0.3, -0.25) is 0 Å². The minimum absolute atomic E-state index is 0.169. The molecule has 7 nitrogen and oxygen atoms in total. The van der Waals surface area contributed by atoms with E-state index >= 15 is 0 Å². The van der Waals surface area contributed by atoms with Crippen molar-refractivity contribution < 1.29 is 4.79 Å². The monoisotopic (exact) mass is 412 g/mol. The Bertz CT molecular complexity index is 843. The van der Waals surface area contributed by atoms with Gasteiger partial charge in [0.25, 0.3) is 0 Å². The van der Waals surface area contributed by atoms with E-state index in [4.69, 9.17) is 4.98 Å². The van der Waals surface area contributed by atoms with Crippen molar-refractivity contribution in [3.05, 3.63) is 29.8 Å². The number of benzene rings is 1. The smallest absolute Gasteiger partial charge is 0.319 e. The Labute approximate surface area is 180 Å². The molecule has 1 aliphatic heterocycles.